The summed E-state index contributed by atoms with van der Waals surface area (Å²) < 4.78 is 6.40. The molecule has 0 atom stereocenters. The van der Waals surface area contributed by atoms with Crippen molar-refractivity contribution < 1.29 is 9.84 Å². The van der Waals surface area contributed by atoms with Crippen LogP contribution < -0.4 is 10.3 Å². The van der Waals surface area contributed by atoms with Crippen LogP contribution in [0.2, 0.25) is 0 Å². The minimum absolute atomic E-state index is 0.00231. The Morgan fingerprint density at radius 3 is 2.52 bits per heavy atom. The van der Waals surface area contributed by atoms with Gasteiger partial charge in [-0.2, -0.15) is 5.26 Å². The molecule has 0 saturated carbocycles. The monoisotopic (exact) mass is 437 g/mol. The molecule has 164 valence electrons. The smallest absolute Gasteiger partial charge is 0.271 e. The van der Waals surface area contributed by atoms with E-state index in [2.05, 4.69) is 4.99 Å². The number of rotatable bonds is 6. The number of nitrogens with zero attached hydrogens (tertiary/aromatic N) is 3. The Morgan fingerprint density at radius 1 is 1.09 bits per heavy atom. The Labute approximate surface area is 191 Å². The summed E-state index contributed by atoms with van der Waals surface area (Å²) in [6, 6.07) is 23.3. The molecule has 4 aromatic rings. The van der Waals surface area contributed by atoms with Crippen LogP contribution in [0.5, 0.6) is 11.6 Å². The molecule has 0 bridgehead atoms. The standard InChI is InChI=1S/C27H23N3O3/c1-18-24(16-28)26(31)30(14-13-19-7-11-23(33-2)12-8-19)27(32)25(18)17-29-22-10-9-20-5-3-4-6-21(20)15-22/h3-12,15,17,32H,13-14H2,1-2H3. The second-order valence-corrected chi connectivity index (χ2v) is 7.69. The first-order chi connectivity index (χ1) is 16.0. The highest BCUT2D eigenvalue weighted by Crippen LogP contribution is 2.24. The summed E-state index contributed by atoms with van der Waals surface area (Å²) in [4.78, 5) is 17.4. The molecule has 1 aromatic heterocycles. The van der Waals surface area contributed by atoms with Crippen LogP contribution in [0, 0.1) is 18.3 Å². The number of benzene rings is 3. The third-order valence-corrected chi connectivity index (χ3v) is 5.71. The van der Waals surface area contributed by atoms with E-state index in [-0.39, 0.29) is 18.0 Å². The van der Waals surface area contributed by atoms with Gasteiger partial charge in [0.15, 0.2) is 0 Å². The van der Waals surface area contributed by atoms with Crippen LogP contribution in [-0.4, -0.2) is 23.0 Å². The van der Waals surface area contributed by atoms with Gasteiger partial charge in [-0.25, -0.2) is 0 Å². The number of fused-ring (bicyclic) bond motifs is 1. The van der Waals surface area contributed by atoms with Crippen LogP contribution >= 0.6 is 0 Å². The van der Waals surface area contributed by atoms with E-state index >= 15 is 0 Å². The SMILES string of the molecule is COc1ccc(CCn2c(O)c(C=Nc3ccc4ccccc4c3)c(C)c(C#N)c2=O)cc1. The quantitative estimate of drug-likeness (QED) is 0.435. The number of pyridine rings is 1. The Kier molecular flexibility index (Phi) is 6.23. The van der Waals surface area contributed by atoms with Gasteiger partial charge in [-0.1, -0.05) is 42.5 Å². The second kappa shape index (κ2) is 9.41. The van der Waals surface area contributed by atoms with Crippen molar-refractivity contribution in [3.05, 3.63) is 99.3 Å². The van der Waals surface area contributed by atoms with E-state index in [9.17, 15) is 15.2 Å². The summed E-state index contributed by atoms with van der Waals surface area (Å²) in [6.45, 7) is 1.87. The maximum atomic E-state index is 12.9. The molecule has 0 fully saturated rings. The molecule has 3 aromatic carbocycles. The zero-order valence-electron chi connectivity index (χ0n) is 18.4. The first-order valence-electron chi connectivity index (χ1n) is 10.5. The highest BCUT2D eigenvalue weighted by molar-refractivity contribution is 5.90. The lowest BCUT2D eigenvalue weighted by Gasteiger charge is -2.14. The molecule has 0 aliphatic heterocycles. The fourth-order valence-electron chi connectivity index (χ4n) is 3.76. The van der Waals surface area contributed by atoms with Crippen molar-refractivity contribution in [2.24, 2.45) is 4.99 Å². The Morgan fingerprint density at radius 2 is 1.82 bits per heavy atom. The third kappa shape index (κ3) is 4.48. The Hall–Kier alpha value is -4.37. The zero-order valence-corrected chi connectivity index (χ0v) is 18.4. The molecule has 0 saturated heterocycles. The van der Waals surface area contributed by atoms with Crippen LogP contribution in [0.15, 0.2) is 76.5 Å². The van der Waals surface area contributed by atoms with Crippen molar-refractivity contribution in [2.45, 2.75) is 19.9 Å². The van der Waals surface area contributed by atoms with Crippen LogP contribution in [-0.2, 0) is 13.0 Å². The van der Waals surface area contributed by atoms with Gasteiger partial charge in [-0.15, -0.1) is 0 Å². The largest absolute Gasteiger partial charge is 0.497 e. The van der Waals surface area contributed by atoms with Crippen LogP contribution in [0.25, 0.3) is 10.8 Å². The minimum Gasteiger partial charge on any atom is -0.497 e. The molecule has 0 spiro atoms. The first-order valence-corrected chi connectivity index (χ1v) is 10.5. The van der Waals surface area contributed by atoms with E-state index in [1.807, 2.05) is 72.8 Å². The fourth-order valence-corrected chi connectivity index (χ4v) is 3.76. The van der Waals surface area contributed by atoms with Gasteiger partial charge in [0.25, 0.3) is 5.56 Å². The molecule has 0 aliphatic rings. The molecular weight excluding hydrogens is 414 g/mol. The lowest BCUT2D eigenvalue weighted by molar-refractivity contribution is 0.404. The van der Waals surface area contributed by atoms with E-state index in [1.54, 1.807) is 14.0 Å². The van der Waals surface area contributed by atoms with E-state index in [1.165, 1.54) is 10.8 Å². The maximum Gasteiger partial charge on any atom is 0.271 e. The lowest BCUT2D eigenvalue weighted by Crippen LogP contribution is -2.26. The van der Waals surface area contributed by atoms with Gasteiger partial charge in [0.1, 0.15) is 17.4 Å². The zero-order chi connectivity index (χ0) is 23.4. The van der Waals surface area contributed by atoms with E-state index < -0.39 is 5.56 Å². The molecule has 0 aliphatic carbocycles. The predicted molar refractivity (Wildman–Crippen MR) is 130 cm³/mol. The van der Waals surface area contributed by atoms with Gasteiger partial charge in [-0.05, 0) is 59.5 Å². The van der Waals surface area contributed by atoms with Crippen molar-refractivity contribution in [1.29, 1.82) is 5.26 Å². The van der Waals surface area contributed by atoms with E-state index in [0.717, 1.165) is 22.1 Å². The van der Waals surface area contributed by atoms with Crippen molar-refractivity contribution in [3.63, 3.8) is 0 Å². The van der Waals surface area contributed by atoms with E-state index in [4.69, 9.17) is 4.74 Å². The van der Waals surface area contributed by atoms with Crippen molar-refractivity contribution in [3.8, 4) is 17.7 Å². The molecule has 0 amide bonds. The van der Waals surface area contributed by atoms with Crippen molar-refractivity contribution in [1.82, 2.24) is 4.57 Å². The molecule has 0 radical (unpaired) electrons. The molecule has 6 heteroatoms. The van der Waals surface area contributed by atoms with Gasteiger partial charge < -0.3 is 9.84 Å². The number of hydrogen-bond donors (Lipinski definition) is 1. The van der Waals surface area contributed by atoms with Crippen molar-refractivity contribution in [2.75, 3.05) is 7.11 Å². The number of aliphatic imine (C=N–C) groups is 1. The number of methoxy groups -OCH3 is 1. The summed E-state index contributed by atoms with van der Waals surface area (Å²) in [7, 11) is 1.60. The fraction of sp³-hybridized carbons (Fsp3) is 0.148. The summed E-state index contributed by atoms with van der Waals surface area (Å²) in [5, 5.41) is 22.7. The number of aryl methyl sites for hydroxylation is 1. The minimum atomic E-state index is -0.510. The van der Waals surface area contributed by atoms with Gasteiger partial charge in [0, 0.05) is 12.8 Å². The number of hydrogen-bond acceptors (Lipinski definition) is 5. The molecule has 0 unspecified atom stereocenters. The molecule has 6 nitrogen and oxygen atoms in total. The molecule has 33 heavy (non-hydrogen) atoms. The summed E-state index contributed by atoms with van der Waals surface area (Å²) in [5.74, 6) is 0.544. The highest BCUT2D eigenvalue weighted by Gasteiger charge is 2.18. The third-order valence-electron chi connectivity index (χ3n) is 5.71. The molecule has 4 rings (SSSR count). The second-order valence-electron chi connectivity index (χ2n) is 7.69. The first kappa shape index (κ1) is 21.8. The van der Waals surface area contributed by atoms with Gasteiger partial charge >= 0.3 is 0 Å². The Balaban J connectivity index is 1.69. The maximum absolute atomic E-state index is 12.9. The summed E-state index contributed by atoms with van der Waals surface area (Å²) in [5.41, 5.74) is 1.94. The van der Waals surface area contributed by atoms with Crippen LogP contribution in [0.1, 0.15) is 22.3 Å². The molecule has 1 N–H and O–H groups in total. The van der Waals surface area contributed by atoms with Gasteiger partial charge in [0.05, 0.1) is 18.4 Å². The normalized spacial score (nSPS) is 11.1. The summed E-state index contributed by atoms with van der Waals surface area (Å²) >= 11 is 0. The topological polar surface area (TPSA) is 87.6 Å². The predicted octanol–water partition coefficient (Wildman–Crippen LogP) is 4.89. The van der Waals surface area contributed by atoms with Gasteiger partial charge in [0.2, 0.25) is 5.88 Å². The van der Waals surface area contributed by atoms with Crippen molar-refractivity contribution >= 4 is 22.7 Å². The summed E-state index contributed by atoms with van der Waals surface area (Å²) in [6.07, 6.45) is 2.02. The average Bonchev–Trinajstić information content (AvgIpc) is 2.84. The molecular formula is C27H23N3O3. The number of aromatic nitrogens is 1. The average molecular weight is 437 g/mol. The Bertz CT molecular complexity index is 1440. The van der Waals surface area contributed by atoms with Crippen LogP contribution in [0.4, 0.5) is 5.69 Å². The van der Waals surface area contributed by atoms with E-state index in [0.29, 0.717) is 23.2 Å². The lowest BCUT2D eigenvalue weighted by atomic mass is 10.1. The number of aromatic hydroxyl groups is 1. The number of nitriles is 1. The number of ether oxygens (including phenoxy) is 1. The highest BCUT2D eigenvalue weighted by atomic mass is 16.5. The van der Waals surface area contributed by atoms with Gasteiger partial charge in [-0.3, -0.25) is 14.4 Å². The molecule has 1 heterocycles. The van der Waals surface area contributed by atoms with Crippen LogP contribution in [0.3, 0.4) is 0 Å².